The van der Waals surface area contributed by atoms with E-state index in [-0.39, 0.29) is 23.2 Å². The SMILES string of the molecule is CC(C)OCCN(C)c1ncc([N+](=O)[O-])cc1C(N)=NO. The van der Waals surface area contributed by atoms with Gasteiger partial charge in [0.05, 0.1) is 23.2 Å². The number of ether oxygens (including phenoxy) is 1. The molecule has 0 aromatic carbocycles. The van der Waals surface area contributed by atoms with Crippen LogP contribution < -0.4 is 10.6 Å². The summed E-state index contributed by atoms with van der Waals surface area (Å²) >= 11 is 0. The Morgan fingerprint density at radius 3 is 2.86 bits per heavy atom. The molecule has 0 aliphatic heterocycles. The van der Waals surface area contributed by atoms with Gasteiger partial charge in [0.1, 0.15) is 12.0 Å². The van der Waals surface area contributed by atoms with Crippen molar-refractivity contribution in [2.45, 2.75) is 20.0 Å². The Labute approximate surface area is 122 Å². The Kier molecular flexibility index (Phi) is 5.85. The molecule has 0 saturated heterocycles. The van der Waals surface area contributed by atoms with E-state index in [0.29, 0.717) is 19.0 Å². The Morgan fingerprint density at radius 1 is 1.67 bits per heavy atom. The number of nitrogens with two attached hydrogens (primary N) is 1. The van der Waals surface area contributed by atoms with E-state index >= 15 is 0 Å². The standard InChI is InChI=1S/C12H19N5O4/c1-8(2)21-5-4-16(3)12-10(11(13)15-18)6-9(7-14-12)17(19)20/h6-8,18H,4-5H2,1-3H3,(H2,13,15). The zero-order valence-corrected chi connectivity index (χ0v) is 12.2. The smallest absolute Gasteiger partial charge is 0.288 e. The van der Waals surface area contributed by atoms with Crippen molar-refractivity contribution in [3.63, 3.8) is 0 Å². The number of amidine groups is 1. The van der Waals surface area contributed by atoms with Crippen molar-refractivity contribution in [3.8, 4) is 0 Å². The van der Waals surface area contributed by atoms with Crippen LogP contribution in [0.4, 0.5) is 11.5 Å². The molecule has 0 aliphatic carbocycles. The Morgan fingerprint density at radius 2 is 2.33 bits per heavy atom. The van der Waals surface area contributed by atoms with Crippen LogP contribution in [0.2, 0.25) is 0 Å². The molecule has 1 aromatic rings. The van der Waals surface area contributed by atoms with Crippen molar-refractivity contribution in [1.29, 1.82) is 0 Å². The van der Waals surface area contributed by atoms with Crippen LogP contribution in [0, 0.1) is 10.1 Å². The molecule has 0 bridgehead atoms. The minimum atomic E-state index is -0.590. The molecular formula is C12H19N5O4. The highest BCUT2D eigenvalue weighted by Crippen LogP contribution is 2.21. The van der Waals surface area contributed by atoms with Gasteiger partial charge in [-0.05, 0) is 13.8 Å². The van der Waals surface area contributed by atoms with Crippen molar-refractivity contribution in [1.82, 2.24) is 4.98 Å². The van der Waals surface area contributed by atoms with Gasteiger partial charge in [0.25, 0.3) is 5.69 Å². The highest BCUT2D eigenvalue weighted by Gasteiger charge is 2.18. The number of aromatic nitrogens is 1. The highest BCUT2D eigenvalue weighted by atomic mass is 16.6. The molecule has 9 nitrogen and oxygen atoms in total. The second-order valence-corrected chi connectivity index (χ2v) is 4.65. The minimum absolute atomic E-state index is 0.103. The van der Waals surface area contributed by atoms with E-state index in [1.54, 1.807) is 11.9 Å². The van der Waals surface area contributed by atoms with Gasteiger partial charge < -0.3 is 20.6 Å². The number of anilines is 1. The average molecular weight is 297 g/mol. The number of oxime groups is 1. The first-order valence-electron chi connectivity index (χ1n) is 6.31. The maximum Gasteiger partial charge on any atom is 0.288 e. The maximum atomic E-state index is 10.8. The summed E-state index contributed by atoms with van der Waals surface area (Å²) in [5.74, 6) is 0.140. The predicted octanol–water partition coefficient (Wildman–Crippen LogP) is 0.946. The molecular weight excluding hydrogens is 278 g/mol. The van der Waals surface area contributed by atoms with Crippen LogP contribution in [0.1, 0.15) is 19.4 Å². The van der Waals surface area contributed by atoms with Gasteiger partial charge in [0.2, 0.25) is 0 Å². The lowest BCUT2D eigenvalue weighted by molar-refractivity contribution is -0.385. The fourth-order valence-corrected chi connectivity index (χ4v) is 1.62. The number of nitrogens with zero attached hydrogens (tertiary/aromatic N) is 4. The van der Waals surface area contributed by atoms with Crippen molar-refractivity contribution >= 4 is 17.3 Å². The largest absolute Gasteiger partial charge is 0.409 e. The van der Waals surface area contributed by atoms with Crippen LogP contribution in [0.5, 0.6) is 0 Å². The lowest BCUT2D eigenvalue weighted by Gasteiger charge is -2.21. The summed E-state index contributed by atoms with van der Waals surface area (Å²) in [6, 6.07) is 1.22. The summed E-state index contributed by atoms with van der Waals surface area (Å²) in [5.41, 5.74) is 5.52. The second-order valence-electron chi connectivity index (χ2n) is 4.65. The van der Waals surface area contributed by atoms with Gasteiger partial charge in [0.15, 0.2) is 5.84 Å². The third-order valence-electron chi connectivity index (χ3n) is 2.69. The molecule has 1 heterocycles. The van der Waals surface area contributed by atoms with Crippen molar-refractivity contribution in [2.75, 3.05) is 25.1 Å². The molecule has 3 N–H and O–H groups in total. The van der Waals surface area contributed by atoms with Crippen LogP contribution in [0.15, 0.2) is 17.4 Å². The lowest BCUT2D eigenvalue weighted by Crippen LogP contribution is -2.28. The molecule has 1 aromatic heterocycles. The molecule has 116 valence electrons. The van der Waals surface area contributed by atoms with Crippen molar-refractivity contribution in [2.24, 2.45) is 10.9 Å². The Hall–Kier alpha value is -2.42. The minimum Gasteiger partial charge on any atom is -0.409 e. The van der Waals surface area contributed by atoms with E-state index in [1.807, 2.05) is 13.8 Å². The maximum absolute atomic E-state index is 10.8. The monoisotopic (exact) mass is 297 g/mol. The molecule has 0 radical (unpaired) electrons. The van der Waals surface area contributed by atoms with Gasteiger partial charge in [-0.2, -0.15) is 0 Å². The first-order chi connectivity index (χ1) is 9.86. The number of pyridine rings is 1. The summed E-state index contributed by atoms with van der Waals surface area (Å²) in [6.45, 7) is 4.81. The zero-order valence-electron chi connectivity index (χ0n) is 12.2. The van der Waals surface area contributed by atoms with E-state index in [2.05, 4.69) is 10.1 Å². The fourth-order valence-electron chi connectivity index (χ4n) is 1.62. The van der Waals surface area contributed by atoms with E-state index in [0.717, 1.165) is 6.20 Å². The van der Waals surface area contributed by atoms with Crippen LogP contribution in [-0.4, -0.2) is 47.3 Å². The molecule has 0 atom stereocenters. The molecule has 0 fully saturated rings. The third kappa shape index (κ3) is 4.56. The molecule has 0 aliphatic rings. The Bertz CT molecular complexity index is 532. The van der Waals surface area contributed by atoms with Gasteiger partial charge in [-0.15, -0.1) is 0 Å². The molecule has 0 unspecified atom stereocenters. The number of hydrogen-bond acceptors (Lipinski definition) is 7. The number of rotatable bonds is 7. The average Bonchev–Trinajstić information content (AvgIpc) is 2.45. The molecule has 9 heteroatoms. The number of nitro groups is 1. The van der Waals surface area contributed by atoms with Gasteiger partial charge in [-0.1, -0.05) is 5.16 Å². The Balaban J connectivity index is 3.02. The zero-order chi connectivity index (χ0) is 16.0. The van der Waals surface area contributed by atoms with E-state index < -0.39 is 4.92 Å². The van der Waals surface area contributed by atoms with E-state index in [1.165, 1.54) is 6.07 Å². The summed E-state index contributed by atoms with van der Waals surface area (Å²) in [7, 11) is 1.74. The van der Waals surface area contributed by atoms with Gasteiger partial charge in [-0.3, -0.25) is 10.1 Å². The molecule has 0 spiro atoms. The number of hydrogen-bond donors (Lipinski definition) is 2. The van der Waals surface area contributed by atoms with E-state index in [9.17, 15) is 10.1 Å². The molecule has 0 amide bonds. The van der Waals surface area contributed by atoms with Crippen LogP contribution in [-0.2, 0) is 4.74 Å². The number of likely N-dealkylation sites (N-methyl/N-ethyl adjacent to an activating group) is 1. The quantitative estimate of drug-likeness (QED) is 0.252. The van der Waals surface area contributed by atoms with Gasteiger partial charge >= 0.3 is 0 Å². The van der Waals surface area contributed by atoms with E-state index in [4.69, 9.17) is 15.7 Å². The normalized spacial score (nSPS) is 11.7. The van der Waals surface area contributed by atoms with Crippen LogP contribution in [0.25, 0.3) is 0 Å². The lowest BCUT2D eigenvalue weighted by atomic mass is 10.2. The fraction of sp³-hybridized carbons (Fsp3) is 0.500. The summed E-state index contributed by atoms with van der Waals surface area (Å²) in [6.07, 6.45) is 1.23. The van der Waals surface area contributed by atoms with Crippen molar-refractivity contribution < 1.29 is 14.9 Å². The summed E-state index contributed by atoms with van der Waals surface area (Å²) < 4.78 is 5.43. The first-order valence-corrected chi connectivity index (χ1v) is 6.31. The molecule has 1 rings (SSSR count). The van der Waals surface area contributed by atoms with Gasteiger partial charge in [0, 0.05) is 19.7 Å². The first kappa shape index (κ1) is 16.6. The van der Waals surface area contributed by atoms with Crippen molar-refractivity contribution in [3.05, 3.63) is 27.9 Å². The highest BCUT2D eigenvalue weighted by molar-refractivity contribution is 6.01. The predicted molar refractivity (Wildman–Crippen MR) is 77.8 cm³/mol. The summed E-state index contributed by atoms with van der Waals surface area (Å²) in [4.78, 5) is 15.9. The van der Waals surface area contributed by atoms with Gasteiger partial charge in [-0.25, -0.2) is 4.98 Å². The third-order valence-corrected chi connectivity index (χ3v) is 2.69. The van der Waals surface area contributed by atoms with Crippen LogP contribution in [0.3, 0.4) is 0 Å². The molecule has 21 heavy (non-hydrogen) atoms. The van der Waals surface area contributed by atoms with Crippen LogP contribution >= 0.6 is 0 Å². The summed E-state index contributed by atoms with van der Waals surface area (Å²) in [5, 5.41) is 22.5. The topological polar surface area (TPSA) is 127 Å². The second kappa shape index (κ2) is 7.39. The molecule has 0 saturated carbocycles.